The fourth-order valence-electron chi connectivity index (χ4n) is 2.72. The molecule has 27 heavy (non-hydrogen) atoms. The summed E-state index contributed by atoms with van der Waals surface area (Å²) in [5.74, 6) is -1.32. The molecule has 7 heteroatoms. The lowest BCUT2D eigenvalue weighted by molar-refractivity contribution is -0.139. The summed E-state index contributed by atoms with van der Waals surface area (Å²) in [7, 11) is 0. The van der Waals surface area contributed by atoms with Gasteiger partial charge in [-0.1, -0.05) is 12.1 Å². The Kier molecular flexibility index (Phi) is 6.24. The van der Waals surface area contributed by atoms with Gasteiger partial charge in [0, 0.05) is 29.1 Å². The maximum absolute atomic E-state index is 13.5. The zero-order valence-corrected chi connectivity index (χ0v) is 15.3. The summed E-state index contributed by atoms with van der Waals surface area (Å²) in [5.41, 5.74) is 1.16. The molecule has 0 unspecified atom stereocenters. The number of amides is 1. The zero-order chi connectivity index (χ0) is 19.2. The maximum Gasteiger partial charge on any atom is 0.316 e. The van der Waals surface area contributed by atoms with Crippen LogP contribution in [0.25, 0.3) is 0 Å². The van der Waals surface area contributed by atoms with Gasteiger partial charge in [-0.3, -0.25) is 14.4 Å². The molecule has 1 aliphatic heterocycles. The number of halogens is 1. The second-order valence-corrected chi connectivity index (χ2v) is 7.02. The van der Waals surface area contributed by atoms with Crippen LogP contribution in [0.15, 0.2) is 53.4 Å². The second-order valence-electron chi connectivity index (χ2n) is 6.00. The Balaban J connectivity index is 1.48. The molecule has 1 heterocycles. The first-order valence-electron chi connectivity index (χ1n) is 8.51. The number of esters is 1. The first-order chi connectivity index (χ1) is 13.0. The highest BCUT2D eigenvalue weighted by Crippen LogP contribution is 2.22. The molecule has 0 spiro atoms. The van der Waals surface area contributed by atoms with Crippen LogP contribution in [0, 0.1) is 5.82 Å². The van der Waals surface area contributed by atoms with E-state index < -0.39 is 11.8 Å². The number of rotatable bonds is 7. The molecule has 0 aliphatic carbocycles. The minimum Gasteiger partial charge on any atom is -0.457 e. The number of hydrogen-bond acceptors (Lipinski definition) is 5. The lowest BCUT2D eigenvalue weighted by Gasteiger charge is -2.15. The molecule has 2 aromatic rings. The van der Waals surface area contributed by atoms with Gasteiger partial charge in [-0.2, -0.15) is 0 Å². The Morgan fingerprint density at radius 3 is 2.52 bits per heavy atom. The molecule has 140 valence electrons. The predicted octanol–water partition coefficient (Wildman–Crippen LogP) is 3.47. The molecule has 1 saturated heterocycles. The van der Waals surface area contributed by atoms with E-state index in [-0.39, 0.29) is 24.1 Å². The van der Waals surface area contributed by atoms with E-state index in [1.54, 1.807) is 47.4 Å². The molecule has 0 aromatic heterocycles. The second kappa shape index (κ2) is 8.81. The van der Waals surface area contributed by atoms with Crippen molar-refractivity contribution in [1.29, 1.82) is 0 Å². The number of benzene rings is 2. The molecule has 5 nitrogen and oxygen atoms in total. The van der Waals surface area contributed by atoms with Crippen molar-refractivity contribution in [3.05, 3.63) is 59.9 Å². The average molecular weight is 387 g/mol. The van der Waals surface area contributed by atoms with Gasteiger partial charge in [0.1, 0.15) is 5.82 Å². The van der Waals surface area contributed by atoms with Crippen LogP contribution in [0.4, 0.5) is 10.1 Å². The highest BCUT2D eigenvalue weighted by Gasteiger charge is 2.21. The molecular formula is C20H18FNO4S. The van der Waals surface area contributed by atoms with Gasteiger partial charge in [0.25, 0.3) is 0 Å². The van der Waals surface area contributed by atoms with Crippen LogP contribution >= 0.6 is 11.8 Å². The number of carbonyl (C=O) groups is 3. The van der Waals surface area contributed by atoms with Crippen LogP contribution in [0.1, 0.15) is 23.2 Å². The van der Waals surface area contributed by atoms with Crippen molar-refractivity contribution >= 4 is 35.1 Å². The summed E-state index contributed by atoms with van der Waals surface area (Å²) in [6.07, 6.45) is 1.38. The number of carbonyl (C=O) groups excluding carboxylic acids is 3. The largest absolute Gasteiger partial charge is 0.457 e. The van der Waals surface area contributed by atoms with Gasteiger partial charge in [0.2, 0.25) is 5.91 Å². The molecule has 0 radical (unpaired) electrons. The number of anilines is 1. The summed E-state index contributed by atoms with van der Waals surface area (Å²) in [6, 6.07) is 12.8. The molecule has 0 N–H and O–H groups in total. The zero-order valence-electron chi connectivity index (χ0n) is 14.5. The van der Waals surface area contributed by atoms with Crippen LogP contribution < -0.4 is 4.90 Å². The van der Waals surface area contributed by atoms with Gasteiger partial charge in [-0.15, -0.1) is 11.8 Å². The molecular weight excluding hydrogens is 369 g/mol. The Bertz CT molecular complexity index is 853. The summed E-state index contributed by atoms with van der Waals surface area (Å²) < 4.78 is 18.5. The number of thioether (sulfide) groups is 1. The van der Waals surface area contributed by atoms with Crippen LogP contribution in [-0.2, 0) is 14.3 Å². The van der Waals surface area contributed by atoms with Gasteiger partial charge in [0.15, 0.2) is 12.4 Å². The van der Waals surface area contributed by atoms with Gasteiger partial charge in [-0.05, 0) is 42.8 Å². The normalized spacial score (nSPS) is 13.7. The monoisotopic (exact) mass is 387 g/mol. The highest BCUT2D eigenvalue weighted by molar-refractivity contribution is 8.00. The van der Waals surface area contributed by atoms with E-state index in [1.165, 1.54) is 6.07 Å². The third-order valence-electron chi connectivity index (χ3n) is 4.12. The van der Waals surface area contributed by atoms with Crippen molar-refractivity contribution in [2.45, 2.75) is 17.7 Å². The van der Waals surface area contributed by atoms with Crippen LogP contribution in [0.3, 0.4) is 0 Å². The topological polar surface area (TPSA) is 63.7 Å². The van der Waals surface area contributed by atoms with Crippen molar-refractivity contribution in [3.63, 3.8) is 0 Å². The molecule has 1 fully saturated rings. The fraction of sp³-hybridized carbons (Fsp3) is 0.250. The summed E-state index contributed by atoms with van der Waals surface area (Å²) in [4.78, 5) is 37.7. The number of hydrogen-bond donors (Lipinski definition) is 0. The minimum atomic E-state index is -0.587. The van der Waals surface area contributed by atoms with Gasteiger partial charge < -0.3 is 9.64 Å². The molecule has 0 atom stereocenters. The molecule has 0 bridgehead atoms. The standard InChI is InChI=1S/C20H18FNO4S/c21-16-4-1-2-5-18(16)27-13-20(25)26-12-17(23)14-7-9-15(10-8-14)22-11-3-6-19(22)24/h1-2,4-5,7-10H,3,6,11-13H2. The Morgan fingerprint density at radius 2 is 1.85 bits per heavy atom. The van der Waals surface area contributed by atoms with Gasteiger partial charge in [-0.25, -0.2) is 4.39 Å². The molecule has 0 saturated carbocycles. The van der Waals surface area contributed by atoms with Crippen LogP contribution in [0.5, 0.6) is 0 Å². The van der Waals surface area contributed by atoms with E-state index in [0.717, 1.165) is 23.9 Å². The number of ether oxygens (including phenoxy) is 1. The smallest absolute Gasteiger partial charge is 0.316 e. The Hall–Kier alpha value is -2.67. The highest BCUT2D eigenvalue weighted by atomic mass is 32.2. The maximum atomic E-state index is 13.5. The Labute approximate surface area is 160 Å². The lowest BCUT2D eigenvalue weighted by Crippen LogP contribution is -2.23. The Morgan fingerprint density at radius 1 is 1.11 bits per heavy atom. The van der Waals surface area contributed by atoms with Crippen molar-refractivity contribution in [3.8, 4) is 0 Å². The fourth-order valence-corrected chi connectivity index (χ4v) is 3.46. The van der Waals surface area contributed by atoms with E-state index in [9.17, 15) is 18.8 Å². The summed E-state index contributed by atoms with van der Waals surface area (Å²) in [5, 5.41) is 0. The molecule has 2 aromatic carbocycles. The predicted molar refractivity (Wildman–Crippen MR) is 100 cm³/mol. The van der Waals surface area contributed by atoms with Crippen molar-refractivity contribution < 1.29 is 23.5 Å². The SMILES string of the molecule is O=C(CSc1ccccc1F)OCC(=O)c1ccc(N2CCCC2=O)cc1. The quantitative estimate of drug-likeness (QED) is 0.414. The van der Waals surface area contributed by atoms with Gasteiger partial charge in [0.05, 0.1) is 5.75 Å². The molecule has 1 aliphatic rings. The van der Waals surface area contributed by atoms with E-state index in [4.69, 9.17) is 4.74 Å². The van der Waals surface area contributed by atoms with E-state index in [0.29, 0.717) is 23.4 Å². The van der Waals surface area contributed by atoms with Crippen molar-refractivity contribution in [2.24, 2.45) is 0 Å². The average Bonchev–Trinajstić information content (AvgIpc) is 3.11. The number of ketones is 1. The number of nitrogens with zero attached hydrogens (tertiary/aromatic N) is 1. The van der Waals surface area contributed by atoms with E-state index in [2.05, 4.69) is 0 Å². The van der Waals surface area contributed by atoms with Crippen molar-refractivity contribution in [1.82, 2.24) is 0 Å². The van der Waals surface area contributed by atoms with Crippen LogP contribution in [-0.4, -0.2) is 36.6 Å². The van der Waals surface area contributed by atoms with Crippen LogP contribution in [0.2, 0.25) is 0 Å². The lowest BCUT2D eigenvalue weighted by atomic mass is 10.1. The summed E-state index contributed by atoms with van der Waals surface area (Å²) >= 11 is 1.02. The summed E-state index contributed by atoms with van der Waals surface area (Å²) in [6.45, 7) is 0.308. The molecule has 3 rings (SSSR count). The van der Waals surface area contributed by atoms with Crippen molar-refractivity contribution in [2.75, 3.05) is 23.8 Å². The minimum absolute atomic E-state index is 0.0790. The number of Topliss-reactive ketones (excluding diaryl/α,β-unsaturated/α-hetero) is 1. The first kappa shape index (κ1) is 19.1. The van der Waals surface area contributed by atoms with Gasteiger partial charge >= 0.3 is 5.97 Å². The van der Waals surface area contributed by atoms with E-state index >= 15 is 0 Å². The van der Waals surface area contributed by atoms with E-state index in [1.807, 2.05) is 0 Å². The third-order valence-corrected chi connectivity index (χ3v) is 5.14. The third kappa shape index (κ3) is 4.95. The first-order valence-corrected chi connectivity index (χ1v) is 9.50. The molecule has 1 amide bonds.